The van der Waals surface area contributed by atoms with Gasteiger partial charge in [0.2, 0.25) is 0 Å². The Morgan fingerprint density at radius 3 is 1.46 bits per heavy atom. The fraction of sp³-hybridized carbons (Fsp3) is 0. The molecule has 254 valence electrons. The Kier molecular flexibility index (Phi) is 7.85. The Balaban J connectivity index is 1.26. The monoisotopic (exact) mass is 689 g/mol. The van der Waals surface area contributed by atoms with Gasteiger partial charge in [-0.25, -0.2) is 0 Å². The van der Waals surface area contributed by atoms with Crippen LogP contribution in [-0.4, -0.2) is 0 Å². The van der Waals surface area contributed by atoms with Gasteiger partial charge in [0.1, 0.15) is 11.2 Å². The van der Waals surface area contributed by atoms with Gasteiger partial charge in [-0.1, -0.05) is 176 Å². The van der Waals surface area contributed by atoms with Crippen LogP contribution in [0.25, 0.3) is 77.2 Å². The third kappa shape index (κ3) is 5.44. The molecule has 0 radical (unpaired) electrons. The zero-order valence-corrected chi connectivity index (χ0v) is 29.6. The molecule has 0 spiro atoms. The summed E-state index contributed by atoms with van der Waals surface area (Å²) >= 11 is 0. The molecule has 9 aromatic carbocycles. The minimum Gasteiger partial charge on any atom is -0.456 e. The minimum atomic E-state index is 0.888. The lowest BCUT2D eigenvalue weighted by Gasteiger charge is -2.32. The first kappa shape index (κ1) is 31.6. The SMILES string of the molecule is c1ccc(-c2ccccc2N(c2ccccc2-c2ccc3oc4ccccc4c3c2)c2ccccc2-c2cccc3cccc(-c4ccccc4)c23)cc1. The van der Waals surface area contributed by atoms with Crippen molar-refractivity contribution in [2.24, 2.45) is 0 Å². The summed E-state index contributed by atoms with van der Waals surface area (Å²) in [5.41, 5.74) is 14.4. The van der Waals surface area contributed by atoms with E-state index in [1.54, 1.807) is 0 Å². The van der Waals surface area contributed by atoms with E-state index >= 15 is 0 Å². The molecule has 0 fully saturated rings. The molecule has 0 atom stereocenters. The summed E-state index contributed by atoms with van der Waals surface area (Å²) in [5.74, 6) is 0. The summed E-state index contributed by atoms with van der Waals surface area (Å²) in [4.78, 5) is 2.47. The van der Waals surface area contributed by atoms with Gasteiger partial charge in [0.05, 0.1) is 17.1 Å². The van der Waals surface area contributed by atoms with Gasteiger partial charge in [-0.2, -0.15) is 0 Å². The molecular weight excluding hydrogens is 655 g/mol. The second kappa shape index (κ2) is 13.4. The molecule has 0 saturated heterocycles. The van der Waals surface area contributed by atoms with Crippen molar-refractivity contribution in [3.63, 3.8) is 0 Å². The molecule has 10 rings (SSSR count). The van der Waals surface area contributed by atoms with E-state index < -0.39 is 0 Å². The van der Waals surface area contributed by atoms with Crippen LogP contribution in [0.5, 0.6) is 0 Å². The van der Waals surface area contributed by atoms with Gasteiger partial charge >= 0.3 is 0 Å². The standard InChI is InChI=1S/C52H35NO/c1-3-17-36(18-4-1)40-23-7-11-29-47(40)53(48-30-12-8-24-41(48)39-33-34-51-46(35-39)44-26-10-14-32-50(44)54-51)49-31-13-9-25-43(49)45-28-16-22-38-21-15-27-42(52(38)45)37-19-5-2-6-20-37/h1-35H. The normalized spacial score (nSPS) is 11.3. The molecular formula is C52H35NO. The number of nitrogens with zero attached hydrogens (tertiary/aromatic N) is 1. The Bertz CT molecular complexity index is 2940. The zero-order valence-electron chi connectivity index (χ0n) is 29.6. The van der Waals surface area contributed by atoms with Crippen LogP contribution in [0.3, 0.4) is 0 Å². The van der Waals surface area contributed by atoms with Crippen LogP contribution in [0.4, 0.5) is 17.1 Å². The first-order valence-electron chi connectivity index (χ1n) is 18.4. The largest absolute Gasteiger partial charge is 0.456 e. The fourth-order valence-corrected chi connectivity index (χ4v) is 8.05. The third-order valence-corrected chi connectivity index (χ3v) is 10.5. The molecule has 0 bridgehead atoms. The molecule has 2 heteroatoms. The quantitative estimate of drug-likeness (QED) is 0.166. The van der Waals surface area contributed by atoms with Crippen molar-refractivity contribution in [3.05, 3.63) is 212 Å². The van der Waals surface area contributed by atoms with Crippen LogP contribution in [0, 0.1) is 0 Å². The average Bonchev–Trinajstić information content (AvgIpc) is 3.63. The third-order valence-electron chi connectivity index (χ3n) is 10.5. The van der Waals surface area contributed by atoms with E-state index in [9.17, 15) is 0 Å². The summed E-state index contributed by atoms with van der Waals surface area (Å²) in [7, 11) is 0. The van der Waals surface area contributed by atoms with Crippen LogP contribution in [-0.2, 0) is 0 Å². The highest BCUT2D eigenvalue weighted by molar-refractivity contribution is 6.10. The minimum absolute atomic E-state index is 0.888. The van der Waals surface area contributed by atoms with Crippen molar-refractivity contribution in [3.8, 4) is 44.5 Å². The molecule has 54 heavy (non-hydrogen) atoms. The number of hydrogen-bond donors (Lipinski definition) is 0. The molecule has 0 amide bonds. The molecule has 0 aliphatic carbocycles. The highest BCUT2D eigenvalue weighted by atomic mass is 16.3. The van der Waals surface area contributed by atoms with Crippen LogP contribution in [0.15, 0.2) is 217 Å². The second-order valence-electron chi connectivity index (χ2n) is 13.6. The van der Waals surface area contributed by atoms with E-state index in [4.69, 9.17) is 4.42 Å². The topological polar surface area (TPSA) is 16.4 Å². The Hall–Kier alpha value is -7.16. The lowest BCUT2D eigenvalue weighted by molar-refractivity contribution is 0.669. The highest BCUT2D eigenvalue weighted by Gasteiger charge is 2.24. The van der Waals surface area contributed by atoms with Gasteiger partial charge in [0, 0.05) is 27.5 Å². The molecule has 0 aliphatic heterocycles. The van der Waals surface area contributed by atoms with E-state index in [1.807, 2.05) is 12.1 Å². The average molecular weight is 690 g/mol. The van der Waals surface area contributed by atoms with Gasteiger partial charge < -0.3 is 9.32 Å². The Morgan fingerprint density at radius 1 is 0.296 bits per heavy atom. The molecule has 0 saturated carbocycles. The van der Waals surface area contributed by atoms with Crippen LogP contribution < -0.4 is 4.90 Å². The van der Waals surface area contributed by atoms with Gasteiger partial charge in [0.25, 0.3) is 0 Å². The zero-order chi connectivity index (χ0) is 35.8. The van der Waals surface area contributed by atoms with E-state index in [0.29, 0.717) is 0 Å². The predicted octanol–water partition coefficient (Wildman–Crippen LogP) is 14.9. The maximum atomic E-state index is 6.26. The van der Waals surface area contributed by atoms with Gasteiger partial charge in [-0.15, -0.1) is 0 Å². The lowest BCUT2D eigenvalue weighted by Crippen LogP contribution is -2.13. The van der Waals surface area contributed by atoms with Gasteiger partial charge in [-0.05, 0) is 75.0 Å². The number of fused-ring (bicyclic) bond motifs is 4. The summed E-state index contributed by atoms with van der Waals surface area (Å²) in [6, 6.07) is 76.0. The predicted molar refractivity (Wildman–Crippen MR) is 228 cm³/mol. The van der Waals surface area contributed by atoms with Crippen molar-refractivity contribution in [2.75, 3.05) is 4.90 Å². The van der Waals surface area contributed by atoms with Crippen molar-refractivity contribution in [2.45, 2.75) is 0 Å². The highest BCUT2D eigenvalue weighted by Crippen LogP contribution is 2.49. The maximum absolute atomic E-state index is 6.26. The van der Waals surface area contributed by atoms with Crippen LogP contribution >= 0.6 is 0 Å². The molecule has 0 N–H and O–H groups in total. The summed E-state index contributed by atoms with van der Waals surface area (Å²) in [6.45, 7) is 0. The van der Waals surface area contributed by atoms with E-state index in [1.165, 1.54) is 27.5 Å². The van der Waals surface area contributed by atoms with Crippen LogP contribution in [0.1, 0.15) is 0 Å². The van der Waals surface area contributed by atoms with Gasteiger partial charge in [-0.3, -0.25) is 0 Å². The van der Waals surface area contributed by atoms with Crippen molar-refractivity contribution < 1.29 is 4.42 Å². The number of para-hydroxylation sites is 4. The molecule has 0 aliphatic rings. The molecule has 0 unspecified atom stereocenters. The fourth-order valence-electron chi connectivity index (χ4n) is 8.05. The number of furan rings is 1. The molecule has 1 aromatic heterocycles. The smallest absolute Gasteiger partial charge is 0.135 e. The van der Waals surface area contributed by atoms with E-state index in [2.05, 4.69) is 205 Å². The molecule has 1 heterocycles. The number of hydrogen-bond acceptors (Lipinski definition) is 2. The van der Waals surface area contributed by atoms with E-state index in [0.717, 1.165) is 66.8 Å². The number of anilines is 3. The van der Waals surface area contributed by atoms with Crippen molar-refractivity contribution in [1.29, 1.82) is 0 Å². The summed E-state index contributed by atoms with van der Waals surface area (Å²) in [6.07, 6.45) is 0. The van der Waals surface area contributed by atoms with Crippen molar-refractivity contribution >= 4 is 49.8 Å². The number of rotatable bonds is 7. The first-order valence-corrected chi connectivity index (χ1v) is 18.4. The lowest BCUT2D eigenvalue weighted by atomic mass is 9.90. The summed E-state index contributed by atoms with van der Waals surface area (Å²) < 4.78 is 6.26. The molecule has 2 nitrogen and oxygen atoms in total. The number of benzene rings is 9. The second-order valence-corrected chi connectivity index (χ2v) is 13.6. The molecule has 10 aromatic rings. The van der Waals surface area contributed by atoms with Crippen molar-refractivity contribution in [1.82, 2.24) is 0 Å². The first-order chi connectivity index (χ1) is 26.8. The maximum Gasteiger partial charge on any atom is 0.135 e. The summed E-state index contributed by atoms with van der Waals surface area (Å²) in [5, 5.41) is 4.67. The van der Waals surface area contributed by atoms with Gasteiger partial charge in [0.15, 0.2) is 0 Å². The Morgan fingerprint density at radius 2 is 0.778 bits per heavy atom. The van der Waals surface area contributed by atoms with Crippen LogP contribution in [0.2, 0.25) is 0 Å². The Labute approximate surface area is 314 Å². The van der Waals surface area contributed by atoms with E-state index in [-0.39, 0.29) is 0 Å².